The number of hydrogen-bond donors (Lipinski definition) is 2. The molecule has 0 aliphatic carbocycles. The Morgan fingerprint density at radius 1 is 0.316 bits per heavy atom. The van der Waals surface area contributed by atoms with Crippen molar-refractivity contribution >= 4 is 0 Å². The van der Waals surface area contributed by atoms with Crippen LogP contribution in [0, 0.1) is 0 Å². The number of likely N-dealkylation sites (N-methyl/N-ethyl adjacent to an activating group) is 1. The van der Waals surface area contributed by atoms with Crippen molar-refractivity contribution < 1.29 is 57.6 Å². The van der Waals surface area contributed by atoms with Crippen molar-refractivity contribution in [2.75, 3.05) is 165 Å². The summed E-state index contributed by atoms with van der Waals surface area (Å²) in [6.45, 7) is 11.9. The SMILES string of the molecule is CN(CCOCCOCCOCCO)CCOCCOCCOCCOCCOCCOCCOCCO. The van der Waals surface area contributed by atoms with Gasteiger partial charge in [-0.3, -0.25) is 0 Å². The fraction of sp³-hybridized carbons (Fsp3) is 1.00. The van der Waals surface area contributed by atoms with Crippen molar-refractivity contribution in [1.29, 1.82) is 0 Å². The first-order chi connectivity index (χ1) is 18.8. The minimum atomic E-state index is 0.0271. The molecule has 0 aromatic rings. The topological polar surface area (TPSA) is 136 Å². The fourth-order valence-electron chi connectivity index (χ4n) is 2.65. The number of nitrogens with zero attached hydrogens (tertiary/aromatic N) is 1. The molecule has 0 spiro atoms. The molecule has 0 aliphatic heterocycles. The van der Waals surface area contributed by atoms with Gasteiger partial charge in [-0.05, 0) is 7.05 Å². The highest BCUT2D eigenvalue weighted by Gasteiger charge is 1.99. The van der Waals surface area contributed by atoms with Crippen LogP contribution in [0.2, 0.25) is 0 Å². The summed E-state index contributed by atoms with van der Waals surface area (Å²) < 4.78 is 53.8. The van der Waals surface area contributed by atoms with Crippen LogP contribution >= 0.6 is 0 Å². The van der Waals surface area contributed by atoms with Crippen molar-refractivity contribution in [2.45, 2.75) is 0 Å². The predicted octanol–water partition coefficient (Wildman–Crippen LogP) is -0.931. The van der Waals surface area contributed by atoms with E-state index in [4.69, 9.17) is 57.6 Å². The Morgan fingerprint density at radius 2 is 0.500 bits per heavy atom. The molecule has 0 heterocycles. The van der Waals surface area contributed by atoms with Gasteiger partial charge >= 0.3 is 0 Å². The van der Waals surface area contributed by atoms with Gasteiger partial charge in [-0.2, -0.15) is 0 Å². The van der Waals surface area contributed by atoms with Crippen LogP contribution in [0.1, 0.15) is 0 Å². The third-order valence-corrected chi connectivity index (χ3v) is 4.68. The fourth-order valence-corrected chi connectivity index (χ4v) is 2.65. The molecular formula is C25H53NO12. The molecular weight excluding hydrogens is 506 g/mol. The summed E-state index contributed by atoms with van der Waals surface area (Å²) >= 11 is 0. The van der Waals surface area contributed by atoms with Crippen LogP contribution < -0.4 is 0 Å². The van der Waals surface area contributed by atoms with Crippen molar-refractivity contribution in [3.8, 4) is 0 Å². The van der Waals surface area contributed by atoms with E-state index in [1.54, 1.807) is 0 Å². The average molecular weight is 560 g/mol. The van der Waals surface area contributed by atoms with E-state index in [1.165, 1.54) is 0 Å². The summed E-state index contributed by atoms with van der Waals surface area (Å²) in [6.07, 6.45) is 0. The van der Waals surface area contributed by atoms with Gasteiger partial charge in [0, 0.05) is 13.1 Å². The van der Waals surface area contributed by atoms with Crippen LogP contribution in [0.25, 0.3) is 0 Å². The Labute approximate surface area is 228 Å². The lowest BCUT2D eigenvalue weighted by atomic mass is 10.5. The quantitative estimate of drug-likeness (QED) is 0.0941. The lowest BCUT2D eigenvalue weighted by Gasteiger charge is -2.16. The Morgan fingerprint density at radius 3 is 0.711 bits per heavy atom. The molecule has 230 valence electrons. The minimum Gasteiger partial charge on any atom is -0.394 e. The predicted molar refractivity (Wildman–Crippen MR) is 140 cm³/mol. The summed E-state index contributed by atoms with van der Waals surface area (Å²) in [5.41, 5.74) is 0. The Kier molecular flexibility index (Phi) is 34.0. The number of ether oxygens (including phenoxy) is 10. The van der Waals surface area contributed by atoms with Gasteiger partial charge in [-0.25, -0.2) is 0 Å². The van der Waals surface area contributed by atoms with E-state index in [0.717, 1.165) is 13.1 Å². The second-order valence-corrected chi connectivity index (χ2v) is 7.87. The van der Waals surface area contributed by atoms with Gasteiger partial charge in [0.05, 0.1) is 145 Å². The lowest BCUT2D eigenvalue weighted by Crippen LogP contribution is -2.28. The second-order valence-electron chi connectivity index (χ2n) is 7.87. The Hall–Kier alpha value is -0.520. The standard InChI is InChI=1S/C25H53NO12/c1-26(2-6-29-10-14-33-16-12-31-8-4-27)3-7-30-11-15-34-18-20-36-22-24-38-25-23-37-21-19-35-17-13-32-9-5-28/h27-28H,2-25H2,1H3. The van der Waals surface area contributed by atoms with Crippen LogP contribution in [-0.2, 0) is 47.4 Å². The summed E-state index contributed by atoms with van der Waals surface area (Å²) in [5, 5.41) is 17.1. The molecule has 0 atom stereocenters. The van der Waals surface area contributed by atoms with E-state index in [2.05, 4.69) is 4.90 Å². The monoisotopic (exact) mass is 559 g/mol. The number of rotatable bonds is 34. The maximum atomic E-state index is 8.58. The Bertz CT molecular complexity index is 426. The molecule has 0 radical (unpaired) electrons. The first kappa shape index (κ1) is 37.5. The summed E-state index contributed by atoms with van der Waals surface area (Å²) in [7, 11) is 2.03. The van der Waals surface area contributed by atoms with Gasteiger partial charge in [-0.15, -0.1) is 0 Å². The zero-order chi connectivity index (χ0) is 27.6. The van der Waals surface area contributed by atoms with Crippen LogP contribution in [0.3, 0.4) is 0 Å². The van der Waals surface area contributed by atoms with E-state index in [1.807, 2.05) is 7.05 Å². The lowest BCUT2D eigenvalue weighted by molar-refractivity contribution is -0.0220. The highest BCUT2D eigenvalue weighted by molar-refractivity contribution is 4.50. The third-order valence-electron chi connectivity index (χ3n) is 4.68. The van der Waals surface area contributed by atoms with Crippen molar-refractivity contribution in [3.05, 3.63) is 0 Å². The van der Waals surface area contributed by atoms with Gasteiger partial charge in [0.1, 0.15) is 0 Å². The van der Waals surface area contributed by atoms with Crippen LogP contribution in [0.15, 0.2) is 0 Å². The van der Waals surface area contributed by atoms with Crippen molar-refractivity contribution in [2.24, 2.45) is 0 Å². The number of aliphatic hydroxyl groups excluding tert-OH is 2. The van der Waals surface area contributed by atoms with Gasteiger partial charge in [0.25, 0.3) is 0 Å². The molecule has 0 unspecified atom stereocenters. The maximum absolute atomic E-state index is 8.58. The molecule has 0 saturated heterocycles. The molecule has 0 fully saturated rings. The van der Waals surface area contributed by atoms with E-state index in [9.17, 15) is 0 Å². The van der Waals surface area contributed by atoms with E-state index in [-0.39, 0.29) is 13.2 Å². The first-order valence-corrected chi connectivity index (χ1v) is 13.5. The van der Waals surface area contributed by atoms with Crippen molar-refractivity contribution in [1.82, 2.24) is 4.90 Å². The third kappa shape index (κ3) is 33.5. The summed E-state index contributed by atoms with van der Waals surface area (Å²) in [4.78, 5) is 2.15. The van der Waals surface area contributed by atoms with Crippen LogP contribution in [0.4, 0.5) is 0 Å². The highest BCUT2D eigenvalue weighted by Crippen LogP contribution is 1.88. The number of aliphatic hydroxyl groups is 2. The van der Waals surface area contributed by atoms with Gasteiger partial charge in [-0.1, -0.05) is 0 Å². The smallest absolute Gasteiger partial charge is 0.0701 e. The highest BCUT2D eigenvalue weighted by atomic mass is 16.6. The largest absolute Gasteiger partial charge is 0.394 e. The zero-order valence-corrected chi connectivity index (χ0v) is 23.4. The minimum absolute atomic E-state index is 0.0271. The molecule has 0 aliphatic rings. The zero-order valence-electron chi connectivity index (χ0n) is 23.4. The second kappa shape index (κ2) is 34.5. The molecule has 2 N–H and O–H groups in total. The van der Waals surface area contributed by atoms with Gasteiger partial charge in [0.15, 0.2) is 0 Å². The summed E-state index contributed by atoms with van der Waals surface area (Å²) in [6, 6.07) is 0. The molecule has 0 bridgehead atoms. The number of hydrogen-bond acceptors (Lipinski definition) is 13. The normalized spacial score (nSPS) is 11.7. The summed E-state index contributed by atoms with van der Waals surface area (Å²) in [5.74, 6) is 0. The molecule has 38 heavy (non-hydrogen) atoms. The van der Waals surface area contributed by atoms with Crippen LogP contribution in [-0.4, -0.2) is 181 Å². The Balaban J connectivity index is 3.11. The molecule has 0 saturated carbocycles. The maximum Gasteiger partial charge on any atom is 0.0701 e. The van der Waals surface area contributed by atoms with Crippen molar-refractivity contribution in [3.63, 3.8) is 0 Å². The van der Waals surface area contributed by atoms with E-state index < -0.39 is 0 Å². The van der Waals surface area contributed by atoms with E-state index >= 15 is 0 Å². The van der Waals surface area contributed by atoms with Crippen LogP contribution in [0.5, 0.6) is 0 Å². The molecule has 0 aromatic heterocycles. The molecule has 13 nitrogen and oxygen atoms in total. The molecule has 13 heteroatoms. The molecule has 0 aromatic carbocycles. The van der Waals surface area contributed by atoms with E-state index in [0.29, 0.717) is 132 Å². The van der Waals surface area contributed by atoms with Gasteiger partial charge < -0.3 is 62.5 Å². The molecule has 0 amide bonds. The molecule has 0 rings (SSSR count). The first-order valence-electron chi connectivity index (χ1n) is 13.5. The average Bonchev–Trinajstić information content (AvgIpc) is 2.92. The van der Waals surface area contributed by atoms with Gasteiger partial charge in [0.2, 0.25) is 0 Å².